The number of nitrogens with one attached hydrogen (secondary N) is 1. The number of hydrogen-bond donors (Lipinski definition) is 2. The van der Waals surface area contributed by atoms with Crippen molar-refractivity contribution < 1.29 is 14.7 Å². The van der Waals surface area contributed by atoms with Crippen molar-refractivity contribution in [2.24, 2.45) is 0 Å². The Morgan fingerprint density at radius 2 is 1.88 bits per heavy atom. The van der Waals surface area contributed by atoms with Gasteiger partial charge in [-0.05, 0) is 23.6 Å². The molecule has 1 atom stereocenters. The maximum atomic E-state index is 12.8. The summed E-state index contributed by atoms with van der Waals surface area (Å²) in [5.74, 6) is -0.518. The molecule has 8 heteroatoms. The Morgan fingerprint density at radius 1 is 1.16 bits per heavy atom. The standard InChI is InChI=1S/C24H26ClN3O3S/c1-2-12-32-24-26-15-19(28(24)16-18-10-6-7-11-20(18)25)14-22(29)27-21(23(30)31)13-17-8-4-3-5-9-17/h3-11,15,21H,2,12-14,16H2,1H3,(H,27,29)(H,30,31)/t21-/m0/s1. The fourth-order valence-corrected chi connectivity index (χ4v) is 4.31. The highest BCUT2D eigenvalue weighted by Crippen LogP contribution is 2.24. The number of hydrogen-bond acceptors (Lipinski definition) is 4. The third kappa shape index (κ3) is 6.61. The second-order valence-electron chi connectivity index (χ2n) is 7.38. The molecule has 1 aromatic heterocycles. The molecule has 6 nitrogen and oxygen atoms in total. The van der Waals surface area contributed by atoms with Crippen LogP contribution in [0.4, 0.5) is 0 Å². The van der Waals surface area contributed by atoms with Crippen molar-refractivity contribution in [2.45, 2.75) is 43.9 Å². The average molecular weight is 472 g/mol. The molecule has 168 valence electrons. The van der Waals surface area contributed by atoms with Crippen LogP contribution in [-0.2, 0) is 29.0 Å². The van der Waals surface area contributed by atoms with Crippen LogP contribution < -0.4 is 5.32 Å². The molecule has 0 saturated carbocycles. The fourth-order valence-electron chi connectivity index (χ4n) is 3.27. The van der Waals surface area contributed by atoms with Crippen molar-refractivity contribution in [2.75, 3.05) is 5.75 Å². The van der Waals surface area contributed by atoms with Gasteiger partial charge in [-0.25, -0.2) is 9.78 Å². The second kappa shape index (κ2) is 11.7. The number of amides is 1. The molecular weight excluding hydrogens is 446 g/mol. The van der Waals surface area contributed by atoms with Gasteiger partial charge in [-0.1, -0.05) is 78.8 Å². The molecule has 3 aromatic rings. The lowest BCUT2D eigenvalue weighted by Crippen LogP contribution is -2.43. The van der Waals surface area contributed by atoms with E-state index in [9.17, 15) is 14.7 Å². The molecule has 0 aliphatic heterocycles. The summed E-state index contributed by atoms with van der Waals surface area (Å²) >= 11 is 7.98. The van der Waals surface area contributed by atoms with Gasteiger partial charge in [0.2, 0.25) is 5.91 Å². The van der Waals surface area contributed by atoms with Crippen LogP contribution in [-0.4, -0.2) is 38.3 Å². The lowest BCUT2D eigenvalue weighted by molar-refractivity contribution is -0.141. The fraction of sp³-hybridized carbons (Fsp3) is 0.292. The van der Waals surface area contributed by atoms with Crippen molar-refractivity contribution in [1.82, 2.24) is 14.9 Å². The highest BCUT2D eigenvalue weighted by atomic mass is 35.5. The lowest BCUT2D eigenvalue weighted by Gasteiger charge is -2.16. The number of aromatic nitrogens is 2. The average Bonchev–Trinajstić information content (AvgIpc) is 3.15. The third-order valence-corrected chi connectivity index (χ3v) is 6.45. The Bertz CT molecular complexity index is 1060. The first-order valence-corrected chi connectivity index (χ1v) is 11.8. The maximum absolute atomic E-state index is 12.8. The molecule has 32 heavy (non-hydrogen) atoms. The minimum Gasteiger partial charge on any atom is -0.480 e. The van der Waals surface area contributed by atoms with E-state index in [4.69, 9.17) is 11.6 Å². The molecule has 1 amide bonds. The summed E-state index contributed by atoms with van der Waals surface area (Å²) in [5.41, 5.74) is 2.49. The van der Waals surface area contributed by atoms with E-state index < -0.39 is 12.0 Å². The van der Waals surface area contributed by atoms with Gasteiger partial charge in [0.1, 0.15) is 6.04 Å². The summed E-state index contributed by atoms with van der Waals surface area (Å²) in [6, 6.07) is 15.8. The molecule has 0 bridgehead atoms. The van der Waals surface area contributed by atoms with Crippen molar-refractivity contribution in [3.05, 3.63) is 82.6 Å². The molecule has 0 radical (unpaired) electrons. The summed E-state index contributed by atoms with van der Waals surface area (Å²) in [5, 5.41) is 13.7. The van der Waals surface area contributed by atoms with Crippen LogP contribution in [0.15, 0.2) is 66.0 Å². The Balaban J connectivity index is 1.76. The number of carboxylic acid groups (broad SMARTS) is 1. The SMILES string of the molecule is CCCSc1ncc(CC(=O)N[C@@H](Cc2ccccc2)C(=O)O)n1Cc1ccccc1Cl. The number of nitrogens with zero attached hydrogens (tertiary/aromatic N) is 2. The minimum atomic E-state index is -1.06. The zero-order chi connectivity index (χ0) is 22.9. The van der Waals surface area contributed by atoms with Crippen molar-refractivity contribution in [1.29, 1.82) is 0 Å². The van der Waals surface area contributed by atoms with Crippen molar-refractivity contribution in [3.63, 3.8) is 0 Å². The van der Waals surface area contributed by atoms with Crippen LogP contribution in [0.5, 0.6) is 0 Å². The van der Waals surface area contributed by atoms with Gasteiger partial charge in [-0.15, -0.1) is 0 Å². The number of thioether (sulfide) groups is 1. The molecular formula is C24H26ClN3O3S. The Hall–Kier alpha value is -2.77. The van der Waals surface area contributed by atoms with E-state index in [2.05, 4.69) is 17.2 Å². The molecule has 2 aromatic carbocycles. The molecule has 0 fully saturated rings. The molecule has 2 N–H and O–H groups in total. The van der Waals surface area contributed by atoms with E-state index in [0.29, 0.717) is 17.3 Å². The van der Waals surface area contributed by atoms with Crippen LogP contribution >= 0.6 is 23.4 Å². The highest BCUT2D eigenvalue weighted by molar-refractivity contribution is 7.99. The van der Waals surface area contributed by atoms with Crippen molar-refractivity contribution >= 4 is 35.2 Å². The van der Waals surface area contributed by atoms with Gasteiger partial charge in [0.05, 0.1) is 13.0 Å². The Morgan fingerprint density at radius 3 is 2.56 bits per heavy atom. The summed E-state index contributed by atoms with van der Waals surface area (Å²) in [4.78, 5) is 29.0. The summed E-state index contributed by atoms with van der Waals surface area (Å²) in [6.07, 6.45) is 2.93. The van der Waals surface area contributed by atoms with Gasteiger partial charge in [0.15, 0.2) is 5.16 Å². The van der Waals surface area contributed by atoms with Crippen molar-refractivity contribution in [3.8, 4) is 0 Å². The zero-order valence-electron chi connectivity index (χ0n) is 17.8. The summed E-state index contributed by atoms with van der Waals surface area (Å²) in [6.45, 7) is 2.59. The van der Waals surface area contributed by atoms with E-state index in [0.717, 1.165) is 28.5 Å². The van der Waals surface area contributed by atoms with Gasteiger partial charge >= 0.3 is 5.97 Å². The van der Waals surface area contributed by atoms with Crippen LogP contribution in [0.1, 0.15) is 30.2 Å². The minimum absolute atomic E-state index is 0.0305. The van der Waals surface area contributed by atoms with E-state index in [1.54, 1.807) is 18.0 Å². The van der Waals surface area contributed by atoms with Crippen LogP contribution in [0.3, 0.4) is 0 Å². The Kier molecular flexibility index (Phi) is 8.76. The number of carbonyl (C=O) groups excluding carboxylic acids is 1. The predicted octanol–water partition coefficient (Wildman–Crippen LogP) is 4.44. The van der Waals surface area contributed by atoms with Crippen LogP contribution in [0.2, 0.25) is 5.02 Å². The van der Waals surface area contributed by atoms with Gasteiger partial charge in [0, 0.05) is 29.1 Å². The Labute approximate surface area is 197 Å². The lowest BCUT2D eigenvalue weighted by atomic mass is 10.1. The van der Waals surface area contributed by atoms with Gasteiger partial charge in [0.25, 0.3) is 0 Å². The number of carboxylic acids is 1. The first-order chi connectivity index (χ1) is 15.5. The molecule has 1 heterocycles. The normalized spacial score (nSPS) is 11.8. The second-order valence-corrected chi connectivity index (χ2v) is 8.85. The molecule has 0 aliphatic rings. The monoisotopic (exact) mass is 471 g/mol. The number of halogens is 1. The number of rotatable bonds is 11. The number of imidazole rings is 1. The molecule has 0 saturated heterocycles. The highest BCUT2D eigenvalue weighted by Gasteiger charge is 2.22. The van der Waals surface area contributed by atoms with E-state index >= 15 is 0 Å². The first kappa shape index (κ1) is 23.9. The topological polar surface area (TPSA) is 84.2 Å². The molecule has 0 unspecified atom stereocenters. The summed E-state index contributed by atoms with van der Waals surface area (Å²) in [7, 11) is 0. The predicted molar refractivity (Wildman–Crippen MR) is 127 cm³/mol. The largest absolute Gasteiger partial charge is 0.480 e. The van der Waals surface area contributed by atoms with E-state index in [1.165, 1.54) is 0 Å². The maximum Gasteiger partial charge on any atom is 0.326 e. The number of benzene rings is 2. The van der Waals surface area contributed by atoms with Gasteiger partial charge in [-0.3, -0.25) is 4.79 Å². The first-order valence-electron chi connectivity index (χ1n) is 10.4. The summed E-state index contributed by atoms with van der Waals surface area (Å²) < 4.78 is 1.98. The smallest absolute Gasteiger partial charge is 0.326 e. The molecule has 0 aliphatic carbocycles. The quantitative estimate of drug-likeness (QED) is 0.404. The molecule has 3 rings (SSSR count). The van der Waals surface area contributed by atoms with E-state index in [1.807, 2.05) is 59.2 Å². The zero-order valence-corrected chi connectivity index (χ0v) is 19.4. The third-order valence-electron chi connectivity index (χ3n) is 4.88. The van der Waals surface area contributed by atoms with Gasteiger partial charge in [-0.2, -0.15) is 0 Å². The van der Waals surface area contributed by atoms with Crippen LogP contribution in [0.25, 0.3) is 0 Å². The van der Waals surface area contributed by atoms with Crippen LogP contribution in [0, 0.1) is 0 Å². The van der Waals surface area contributed by atoms with Gasteiger partial charge < -0.3 is 15.0 Å². The molecule has 0 spiro atoms. The number of aliphatic carboxylic acids is 1. The van der Waals surface area contributed by atoms with E-state index in [-0.39, 0.29) is 18.7 Å². The number of carbonyl (C=O) groups is 2.